The monoisotopic (exact) mass is 284 g/mol. The maximum absolute atomic E-state index is 10.4. The van der Waals surface area contributed by atoms with E-state index in [-0.39, 0.29) is 59.1 Å². The molecule has 16 heavy (non-hydrogen) atoms. The molecular weight excluding hydrogens is 282 g/mol. The fraction of sp³-hybridized carbons (Fsp3) is 0. The van der Waals surface area contributed by atoms with E-state index in [1.54, 1.807) is 0 Å². The Balaban J connectivity index is 0. The van der Waals surface area contributed by atoms with Crippen LogP contribution < -0.4 is 59.1 Å². The molecule has 0 aliphatic carbocycles. The summed E-state index contributed by atoms with van der Waals surface area (Å²) in [6, 6.07) is 0. The minimum atomic E-state index is -5.12. The van der Waals surface area contributed by atoms with Gasteiger partial charge in [-0.3, -0.25) is 0 Å². The average molecular weight is 284 g/mol. The minimum absolute atomic E-state index is 0. The summed E-state index contributed by atoms with van der Waals surface area (Å²) in [5.74, 6) is 0. The van der Waals surface area contributed by atoms with Crippen LogP contribution in [0.15, 0.2) is 22.4 Å². The minimum Gasteiger partial charge on any atom is -0.743 e. The van der Waals surface area contributed by atoms with Crippen molar-refractivity contribution in [3.05, 3.63) is 12.4 Å². The number of hydrogen-bond donors (Lipinski definition) is 0. The molecule has 1 rings (SSSR count). The third kappa shape index (κ3) is 5.04. The van der Waals surface area contributed by atoms with Gasteiger partial charge in [-0.2, -0.15) is 0 Å². The van der Waals surface area contributed by atoms with E-state index in [0.29, 0.717) is 0 Å². The van der Waals surface area contributed by atoms with Gasteiger partial charge in [0.1, 0.15) is 20.2 Å². The summed E-state index contributed by atoms with van der Waals surface area (Å²) in [5, 5.41) is -2.76. The largest absolute Gasteiger partial charge is 1.00 e. The fourth-order valence-electron chi connectivity index (χ4n) is 0.655. The molecule has 0 fully saturated rings. The van der Waals surface area contributed by atoms with E-state index in [9.17, 15) is 25.9 Å². The van der Waals surface area contributed by atoms with Gasteiger partial charge in [0.05, 0.1) is 0 Å². The van der Waals surface area contributed by atoms with E-state index in [1.165, 1.54) is 0 Å². The summed E-state index contributed by atoms with van der Waals surface area (Å²) >= 11 is 0. The second kappa shape index (κ2) is 6.73. The molecule has 1 heterocycles. The van der Waals surface area contributed by atoms with Gasteiger partial charge < -0.3 is 9.11 Å². The Hall–Kier alpha value is 0.900. The van der Waals surface area contributed by atoms with Crippen LogP contribution in [-0.2, 0) is 20.2 Å². The number of aromatic nitrogens is 2. The van der Waals surface area contributed by atoms with Crippen LogP contribution in [0.3, 0.4) is 0 Å². The molecular formula is C4H2N2Na2O6S2. The Bertz CT molecular complexity index is 505. The number of nitrogens with zero attached hydrogens (tertiary/aromatic N) is 2. The van der Waals surface area contributed by atoms with Crippen LogP contribution in [0.25, 0.3) is 0 Å². The normalized spacial score (nSPS) is 11.1. The third-order valence-electron chi connectivity index (χ3n) is 1.11. The van der Waals surface area contributed by atoms with Gasteiger partial charge in [-0.05, 0) is 0 Å². The maximum Gasteiger partial charge on any atom is 1.00 e. The Labute approximate surface area is 136 Å². The van der Waals surface area contributed by atoms with Crippen LogP contribution >= 0.6 is 0 Å². The Kier molecular flexibility index (Phi) is 8.10. The molecule has 0 radical (unpaired) electrons. The van der Waals surface area contributed by atoms with Crippen molar-refractivity contribution in [3.63, 3.8) is 0 Å². The van der Waals surface area contributed by atoms with Gasteiger partial charge in [-0.25, -0.2) is 26.8 Å². The maximum atomic E-state index is 10.4. The molecule has 0 saturated heterocycles. The second-order valence-electron chi connectivity index (χ2n) is 2.07. The predicted molar refractivity (Wildman–Crippen MR) is 38.0 cm³/mol. The first-order valence-electron chi connectivity index (χ1n) is 2.96. The van der Waals surface area contributed by atoms with Gasteiger partial charge in [0.2, 0.25) is 0 Å². The molecule has 1 aromatic heterocycles. The van der Waals surface area contributed by atoms with Crippen molar-refractivity contribution in [2.75, 3.05) is 0 Å². The van der Waals surface area contributed by atoms with E-state index < -0.39 is 30.3 Å². The Morgan fingerprint density at radius 3 is 1.25 bits per heavy atom. The zero-order chi connectivity index (χ0) is 11.0. The first-order valence-corrected chi connectivity index (χ1v) is 5.77. The zero-order valence-electron chi connectivity index (χ0n) is 8.32. The summed E-state index contributed by atoms with van der Waals surface area (Å²) in [4.78, 5) is 5.95. The fourth-order valence-corrected chi connectivity index (χ4v) is 2.18. The molecule has 1 aromatic rings. The first kappa shape index (κ1) is 19.2. The molecule has 0 unspecified atom stereocenters. The van der Waals surface area contributed by atoms with E-state index in [2.05, 4.69) is 9.97 Å². The molecule has 78 valence electrons. The topological polar surface area (TPSA) is 140 Å². The van der Waals surface area contributed by atoms with Crippen LogP contribution in [-0.4, -0.2) is 35.9 Å². The van der Waals surface area contributed by atoms with Gasteiger partial charge >= 0.3 is 59.1 Å². The SMILES string of the molecule is O=S(=O)([O-])c1nccnc1S(=O)(=O)[O-].[Na+].[Na+]. The van der Waals surface area contributed by atoms with Crippen LogP contribution in [0.2, 0.25) is 0 Å². The van der Waals surface area contributed by atoms with Crippen LogP contribution in [0.5, 0.6) is 0 Å². The molecule has 0 aliphatic heterocycles. The van der Waals surface area contributed by atoms with Crippen molar-refractivity contribution in [1.82, 2.24) is 9.97 Å². The summed E-state index contributed by atoms with van der Waals surface area (Å²) in [5.41, 5.74) is 0. The zero-order valence-corrected chi connectivity index (χ0v) is 13.9. The van der Waals surface area contributed by atoms with E-state index in [1.807, 2.05) is 0 Å². The Morgan fingerprint density at radius 2 is 1.06 bits per heavy atom. The molecule has 0 aliphatic rings. The molecule has 0 atom stereocenters. The molecule has 0 spiro atoms. The van der Waals surface area contributed by atoms with E-state index >= 15 is 0 Å². The molecule has 0 amide bonds. The quantitative estimate of drug-likeness (QED) is 0.385. The number of rotatable bonds is 2. The standard InChI is InChI=1S/C4H4N2O6S2.2Na/c7-13(8,9)3-4(14(10,11)12)6-2-1-5-3;;/h1-2H,(H,7,8,9)(H,10,11,12);;/q;2*+1/p-2. The van der Waals surface area contributed by atoms with Gasteiger partial charge in [0.25, 0.3) is 0 Å². The second-order valence-corrected chi connectivity index (χ2v) is 4.66. The van der Waals surface area contributed by atoms with Crippen LogP contribution in [0, 0.1) is 0 Å². The molecule has 8 nitrogen and oxygen atoms in total. The summed E-state index contributed by atoms with van der Waals surface area (Å²) in [6.45, 7) is 0. The van der Waals surface area contributed by atoms with Crippen molar-refractivity contribution in [1.29, 1.82) is 0 Å². The molecule has 0 aromatic carbocycles. The van der Waals surface area contributed by atoms with Gasteiger partial charge in [0, 0.05) is 12.4 Å². The van der Waals surface area contributed by atoms with Crippen molar-refractivity contribution in [2.24, 2.45) is 0 Å². The summed E-state index contributed by atoms with van der Waals surface area (Å²) in [6.07, 6.45) is 1.58. The van der Waals surface area contributed by atoms with Crippen molar-refractivity contribution in [2.45, 2.75) is 10.1 Å². The van der Waals surface area contributed by atoms with Gasteiger partial charge in [-0.15, -0.1) is 0 Å². The van der Waals surface area contributed by atoms with Crippen molar-refractivity contribution < 1.29 is 85.1 Å². The van der Waals surface area contributed by atoms with Gasteiger partial charge in [-0.1, -0.05) is 0 Å². The summed E-state index contributed by atoms with van der Waals surface area (Å²) in [7, 11) is -10.2. The third-order valence-corrected chi connectivity index (χ3v) is 2.78. The summed E-state index contributed by atoms with van der Waals surface area (Å²) < 4.78 is 62.6. The van der Waals surface area contributed by atoms with Crippen molar-refractivity contribution in [3.8, 4) is 0 Å². The molecule has 0 bridgehead atoms. The molecule has 0 saturated carbocycles. The van der Waals surface area contributed by atoms with Gasteiger partial charge in [0.15, 0.2) is 10.1 Å². The van der Waals surface area contributed by atoms with Crippen LogP contribution in [0.1, 0.15) is 0 Å². The Morgan fingerprint density at radius 1 is 0.812 bits per heavy atom. The van der Waals surface area contributed by atoms with E-state index in [4.69, 9.17) is 0 Å². The predicted octanol–water partition coefficient (Wildman–Crippen LogP) is -7.71. The first-order chi connectivity index (χ1) is 6.23. The van der Waals surface area contributed by atoms with E-state index in [0.717, 1.165) is 12.4 Å². The molecule has 0 N–H and O–H groups in total. The average Bonchev–Trinajstić information content (AvgIpc) is 2.01. The number of hydrogen-bond acceptors (Lipinski definition) is 8. The molecule has 12 heteroatoms. The van der Waals surface area contributed by atoms with Crippen LogP contribution in [0.4, 0.5) is 0 Å². The van der Waals surface area contributed by atoms with Crippen molar-refractivity contribution >= 4 is 20.2 Å². The smallest absolute Gasteiger partial charge is 0.743 e.